The molecule has 0 radical (unpaired) electrons. The van der Waals surface area contributed by atoms with E-state index < -0.39 is 20.0 Å². The number of nitrogens with one attached hydrogen (secondary N) is 2. The summed E-state index contributed by atoms with van der Waals surface area (Å²) in [6.07, 6.45) is 2.67. The van der Waals surface area contributed by atoms with E-state index in [9.17, 15) is 16.8 Å². The minimum atomic E-state index is -3.26. The predicted octanol–water partition coefficient (Wildman–Crippen LogP) is -0.136. The third kappa shape index (κ3) is 12.4. The molecule has 0 spiro atoms. The Bertz CT molecular complexity index is 394. The molecule has 0 bridgehead atoms. The molecule has 0 saturated heterocycles. The number of hydrogen-bond donors (Lipinski definition) is 2. The van der Waals surface area contributed by atoms with Crippen molar-refractivity contribution >= 4 is 31.6 Å². The molecule has 0 amide bonds. The molecule has 0 aliphatic rings. The van der Waals surface area contributed by atoms with E-state index >= 15 is 0 Å². The van der Waals surface area contributed by atoms with E-state index in [-0.39, 0.29) is 18.8 Å². The second kappa shape index (κ2) is 8.25. The standard InChI is InChI=1S/C8H19ClN2O4S2/c1-16(12,13)10-6-4-7-11-17(14,15)8-3-2-5-9/h10-11H,2-8H2,1H3. The first kappa shape index (κ1) is 17.1. The van der Waals surface area contributed by atoms with Gasteiger partial charge in [-0.15, -0.1) is 11.6 Å². The summed E-state index contributed by atoms with van der Waals surface area (Å²) < 4.78 is 48.8. The fourth-order valence-electron chi connectivity index (χ4n) is 1.03. The average Bonchev–Trinajstić information content (AvgIpc) is 2.15. The number of rotatable bonds is 10. The number of sulfonamides is 2. The van der Waals surface area contributed by atoms with Crippen LogP contribution in [-0.4, -0.2) is 47.8 Å². The zero-order valence-corrected chi connectivity index (χ0v) is 12.2. The number of alkyl halides is 1. The van der Waals surface area contributed by atoms with Crippen molar-refractivity contribution in [1.82, 2.24) is 9.44 Å². The summed E-state index contributed by atoms with van der Waals surface area (Å²) in [5.74, 6) is 0.507. The quantitative estimate of drug-likeness (QED) is 0.434. The van der Waals surface area contributed by atoms with Gasteiger partial charge in [0.05, 0.1) is 12.0 Å². The van der Waals surface area contributed by atoms with Crippen LogP contribution in [-0.2, 0) is 20.0 Å². The van der Waals surface area contributed by atoms with Crippen molar-refractivity contribution in [3.05, 3.63) is 0 Å². The molecule has 0 aliphatic carbocycles. The van der Waals surface area contributed by atoms with Crippen LogP contribution in [0.4, 0.5) is 0 Å². The van der Waals surface area contributed by atoms with Gasteiger partial charge in [-0.3, -0.25) is 0 Å². The molecule has 0 aromatic rings. The maximum atomic E-state index is 11.4. The van der Waals surface area contributed by atoms with Crippen LogP contribution in [0.1, 0.15) is 19.3 Å². The van der Waals surface area contributed by atoms with Gasteiger partial charge < -0.3 is 0 Å². The summed E-state index contributed by atoms with van der Waals surface area (Å²) in [5.41, 5.74) is 0. The molecular weight excluding hydrogens is 288 g/mol. The van der Waals surface area contributed by atoms with Crippen LogP contribution in [0.15, 0.2) is 0 Å². The van der Waals surface area contributed by atoms with Crippen molar-refractivity contribution in [3.63, 3.8) is 0 Å². The van der Waals surface area contributed by atoms with E-state index in [2.05, 4.69) is 9.44 Å². The molecule has 17 heavy (non-hydrogen) atoms. The molecule has 6 nitrogen and oxygen atoms in total. The normalized spacial score (nSPS) is 12.8. The monoisotopic (exact) mass is 306 g/mol. The summed E-state index contributed by atoms with van der Waals surface area (Å²) in [6.45, 7) is 0.453. The largest absolute Gasteiger partial charge is 0.215 e. The van der Waals surface area contributed by atoms with Gasteiger partial charge in [0.25, 0.3) is 0 Å². The van der Waals surface area contributed by atoms with Gasteiger partial charge in [-0.1, -0.05) is 0 Å². The number of hydrogen-bond acceptors (Lipinski definition) is 4. The molecule has 0 aliphatic heterocycles. The molecule has 0 aromatic heterocycles. The number of halogens is 1. The highest BCUT2D eigenvalue weighted by molar-refractivity contribution is 7.89. The Morgan fingerprint density at radius 2 is 1.53 bits per heavy atom. The maximum absolute atomic E-state index is 11.4. The Labute approximate surface area is 108 Å². The highest BCUT2D eigenvalue weighted by Gasteiger charge is 2.08. The lowest BCUT2D eigenvalue weighted by atomic mass is 10.4. The average molecular weight is 307 g/mol. The second-order valence-corrected chi connectivity index (χ2v) is 7.77. The molecule has 9 heteroatoms. The van der Waals surface area contributed by atoms with E-state index in [0.29, 0.717) is 25.1 Å². The first-order valence-corrected chi connectivity index (χ1v) is 9.32. The highest BCUT2D eigenvalue weighted by atomic mass is 35.5. The first-order chi connectivity index (χ1) is 7.77. The van der Waals surface area contributed by atoms with Gasteiger partial charge in [0.2, 0.25) is 20.0 Å². The van der Waals surface area contributed by atoms with Crippen LogP contribution < -0.4 is 9.44 Å². The summed E-state index contributed by atoms with van der Waals surface area (Å²) in [4.78, 5) is 0. The molecule has 0 aromatic carbocycles. The van der Waals surface area contributed by atoms with E-state index in [4.69, 9.17) is 11.6 Å². The van der Waals surface area contributed by atoms with E-state index in [0.717, 1.165) is 6.26 Å². The summed E-state index contributed by atoms with van der Waals surface area (Å²) in [7, 11) is -6.46. The van der Waals surface area contributed by atoms with Crippen molar-refractivity contribution in [2.45, 2.75) is 19.3 Å². The Kier molecular flexibility index (Phi) is 8.31. The van der Waals surface area contributed by atoms with Crippen molar-refractivity contribution in [3.8, 4) is 0 Å². The van der Waals surface area contributed by atoms with Gasteiger partial charge in [-0.2, -0.15) is 0 Å². The maximum Gasteiger partial charge on any atom is 0.211 e. The summed E-state index contributed by atoms with van der Waals surface area (Å²) in [6, 6.07) is 0. The molecule has 0 atom stereocenters. The van der Waals surface area contributed by atoms with Crippen LogP contribution in [0.2, 0.25) is 0 Å². The molecule has 2 N–H and O–H groups in total. The third-order valence-electron chi connectivity index (χ3n) is 1.84. The summed E-state index contributed by atoms with van der Waals surface area (Å²) >= 11 is 5.44. The van der Waals surface area contributed by atoms with Gasteiger partial charge in [-0.05, 0) is 19.3 Å². The van der Waals surface area contributed by atoms with Crippen LogP contribution >= 0.6 is 11.6 Å². The third-order valence-corrected chi connectivity index (χ3v) is 4.30. The van der Waals surface area contributed by atoms with Crippen molar-refractivity contribution in [1.29, 1.82) is 0 Å². The molecule has 0 rings (SSSR count). The Morgan fingerprint density at radius 3 is 2.06 bits per heavy atom. The molecule has 104 valence electrons. The van der Waals surface area contributed by atoms with E-state index in [1.807, 2.05) is 0 Å². The zero-order valence-electron chi connectivity index (χ0n) is 9.78. The molecular formula is C8H19ClN2O4S2. The van der Waals surface area contributed by atoms with Crippen LogP contribution in [0.25, 0.3) is 0 Å². The lowest BCUT2D eigenvalue weighted by Crippen LogP contribution is -2.30. The van der Waals surface area contributed by atoms with Crippen LogP contribution in [0, 0.1) is 0 Å². The molecule has 0 heterocycles. The zero-order chi connectivity index (χ0) is 13.4. The van der Waals surface area contributed by atoms with Gasteiger partial charge in [0.1, 0.15) is 0 Å². The summed E-state index contributed by atoms with van der Waals surface area (Å²) in [5, 5.41) is 0. The Hall–Kier alpha value is 0.110. The topological polar surface area (TPSA) is 92.3 Å². The number of unbranched alkanes of at least 4 members (excludes halogenated alkanes) is 1. The first-order valence-electron chi connectivity index (χ1n) is 5.25. The van der Waals surface area contributed by atoms with Gasteiger partial charge in [-0.25, -0.2) is 26.3 Å². The van der Waals surface area contributed by atoms with Gasteiger partial charge in [0, 0.05) is 19.0 Å². The Morgan fingerprint density at radius 1 is 0.941 bits per heavy atom. The highest BCUT2D eigenvalue weighted by Crippen LogP contribution is 1.96. The SMILES string of the molecule is CS(=O)(=O)NCCCNS(=O)(=O)CCCCCl. The lowest BCUT2D eigenvalue weighted by molar-refractivity contribution is 0.572. The molecule has 0 fully saturated rings. The lowest BCUT2D eigenvalue weighted by Gasteiger charge is -2.06. The van der Waals surface area contributed by atoms with Crippen molar-refractivity contribution in [2.24, 2.45) is 0 Å². The van der Waals surface area contributed by atoms with Crippen LogP contribution in [0.5, 0.6) is 0 Å². The minimum absolute atomic E-state index is 0.0548. The predicted molar refractivity (Wildman–Crippen MR) is 69.2 cm³/mol. The molecule has 0 unspecified atom stereocenters. The Balaban J connectivity index is 3.66. The van der Waals surface area contributed by atoms with Gasteiger partial charge >= 0.3 is 0 Å². The van der Waals surface area contributed by atoms with E-state index in [1.165, 1.54) is 0 Å². The fraction of sp³-hybridized carbons (Fsp3) is 1.00. The fourth-order valence-corrected chi connectivity index (χ4v) is 2.92. The van der Waals surface area contributed by atoms with Crippen molar-refractivity contribution < 1.29 is 16.8 Å². The smallest absolute Gasteiger partial charge is 0.211 e. The van der Waals surface area contributed by atoms with Crippen LogP contribution in [0.3, 0.4) is 0 Å². The minimum Gasteiger partial charge on any atom is -0.215 e. The van der Waals surface area contributed by atoms with E-state index in [1.54, 1.807) is 0 Å². The molecule has 0 saturated carbocycles. The second-order valence-electron chi connectivity index (χ2n) is 3.63. The van der Waals surface area contributed by atoms with Gasteiger partial charge in [0.15, 0.2) is 0 Å². The van der Waals surface area contributed by atoms with Crippen molar-refractivity contribution in [2.75, 3.05) is 31.0 Å².